The minimum Gasteiger partial charge on any atom is -0.493 e. The second-order valence-corrected chi connectivity index (χ2v) is 8.47. The Morgan fingerprint density at radius 2 is 1.90 bits per heavy atom. The van der Waals surface area contributed by atoms with E-state index in [1.54, 1.807) is 12.0 Å². The van der Waals surface area contributed by atoms with Gasteiger partial charge in [0.2, 0.25) is 11.8 Å². The Labute approximate surface area is 183 Å². The molecular formula is C25H30N2O4. The minimum atomic E-state index is -0.178. The molecule has 0 radical (unpaired) electrons. The van der Waals surface area contributed by atoms with Crippen LogP contribution in [-0.4, -0.2) is 43.0 Å². The molecule has 1 unspecified atom stereocenters. The number of para-hydroxylation sites is 1. The van der Waals surface area contributed by atoms with Gasteiger partial charge in [0.15, 0.2) is 11.5 Å². The van der Waals surface area contributed by atoms with E-state index in [4.69, 9.17) is 9.47 Å². The van der Waals surface area contributed by atoms with Crippen LogP contribution in [0.3, 0.4) is 0 Å². The fourth-order valence-electron chi connectivity index (χ4n) is 4.45. The molecule has 2 aromatic carbocycles. The summed E-state index contributed by atoms with van der Waals surface area (Å²) in [6.45, 7) is 2.53. The summed E-state index contributed by atoms with van der Waals surface area (Å²) in [5, 5.41) is 2.91. The monoisotopic (exact) mass is 422 g/mol. The zero-order valence-corrected chi connectivity index (χ0v) is 18.2. The van der Waals surface area contributed by atoms with Crippen LogP contribution in [0.4, 0.5) is 5.69 Å². The van der Waals surface area contributed by atoms with E-state index in [0.717, 1.165) is 41.2 Å². The highest BCUT2D eigenvalue weighted by Crippen LogP contribution is 2.37. The van der Waals surface area contributed by atoms with Gasteiger partial charge in [-0.2, -0.15) is 0 Å². The topological polar surface area (TPSA) is 67.9 Å². The zero-order chi connectivity index (χ0) is 21.8. The first-order chi connectivity index (χ1) is 15.0. The van der Waals surface area contributed by atoms with Crippen LogP contribution in [0.15, 0.2) is 42.5 Å². The predicted molar refractivity (Wildman–Crippen MR) is 120 cm³/mol. The molecule has 2 aliphatic rings. The average Bonchev–Trinajstić information content (AvgIpc) is 3.40. The van der Waals surface area contributed by atoms with E-state index in [1.807, 2.05) is 49.4 Å². The van der Waals surface area contributed by atoms with Gasteiger partial charge < -0.3 is 19.7 Å². The lowest BCUT2D eigenvalue weighted by molar-refractivity contribution is -0.131. The number of likely N-dealkylation sites (tertiary alicyclic amines) is 1. The molecule has 0 spiro atoms. The molecule has 1 saturated carbocycles. The van der Waals surface area contributed by atoms with Gasteiger partial charge in [-0.05, 0) is 61.9 Å². The lowest BCUT2D eigenvalue weighted by atomic mass is 9.98. The second-order valence-electron chi connectivity index (χ2n) is 8.47. The lowest BCUT2D eigenvalue weighted by Gasteiger charge is -2.19. The van der Waals surface area contributed by atoms with Crippen molar-refractivity contribution in [3.8, 4) is 11.5 Å². The Hall–Kier alpha value is -3.02. The first-order valence-electron chi connectivity index (χ1n) is 11.0. The molecular weight excluding hydrogens is 392 g/mol. The molecule has 0 aromatic heterocycles. The van der Waals surface area contributed by atoms with Gasteiger partial charge in [0, 0.05) is 24.6 Å². The van der Waals surface area contributed by atoms with Gasteiger partial charge in [-0.3, -0.25) is 9.59 Å². The Morgan fingerprint density at radius 1 is 1.13 bits per heavy atom. The quantitative estimate of drug-likeness (QED) is 0.723. The van der Waals surface area contributed by atoms with Gasteiger partial charge in [-0.1, -0.05) is 24.3 Å². The van der Waals surface area contributed by atoms with Gasteiger partial charge in [0.05, 0.1) is 19.8 Å². The molecule has 164 valence electrons. The van der Waals surface area contributed by atoms with Gasteiger partial charge in [-0.25, -0.2) is 0 Å². The van der Waals surface area contributed by atoms with Crippen LogP contribution in [0.25, 0.3) is 0 Å². The summed E-state index contributed by atoms with van der Waals surface area (Å²) in [6, 6.07) is 13.5. The summed E-state index contributed by atoms with van der Waals surface area (Å²) in [5.74, 6) is 1.32. The van der Waals surface area contributed by atoms with E-state index in [0.29, 0.717) is 13.0 Å². The van der Waals surface area contributed by atoms with Crippen LogP contribution in [0, 0.1) is 6.92 Å². The Morgan fingerprint density at radius 3 is 2.65 bits per heavy atom. The molecule has 1 atom stereocenters. The normalized spacial score (nSPS) is 19.0. The molecule has 2 fully saturated rings. The van der Waals surface area contributed by atoms with Crippen LogP contribution < -0.4 is 14.8 Å². The Kier molecular flexibility index (Phi) is 6.44. The van der Waals surface area contributed by atoms with E-state index in [2.05, 4.69) is 5.32 Å². The van der Waals surface area contributed by atoms with E-state index in [1.165, 1.54) is 12.8 Å². The maximum Gasteiger partial charge on any atom is 0.244 e. The molecule has 4 rings (SSSR count). The van der Waals surface area contributed by atoms with E-state index in [9.17, 15) is 9.59 Å². The van der Waals surface area contributed by atoms with Crippen molar-refractivity contribution in [2.75, 3.05) is 25.5 Å². The third-order valence-electron chi connectivity index (χ3n) is 6.22. The summed E-state index contributed by atoms with van der Waals surface area (Å²) >= 11 is 0. The third kappa shape index (κ3) is 5.01. The fourth-order valence-corrected chi connectivity index (χ4v) is 4.45. The van der Waals surface area contributed by atoms with Crippen molar-refractivity contribution < 1.29 is 19.1 Å². The second kappa shape index (κ2) is 9.41. The lowest BCUT2D eigenvalue weighted by Crippen LogP contribution is -2.34. The number of hydrogen-bond donors (Lipinski definition) is 1. The molecule has 0 bridgehead atoms. The summed E-state index contributed by atoms with van der Waals surface area (Å²) in [5.41, 5.74) is 2.82. The Balaban J connectivity index is 1.41. The van der Waals surface area contributed by atoms with Crippen molar-refractivity contribution in [3.63, 3.8) is 0 Å². The highest BCUT2D eigenvalue weighted by atomic mass is 16.5. The standard InChI is InChI=1S/C25H30N2O4/c1-17-7-3-6-10-21(17)26-24(28)16-27-15-19(14-25(27)29)18-11-12-22(30-2)23(13-18)31-20-8-4-5-9-20/h3,6-7,10-13,19-20H,4-5,8-9,14-16H2,1-2H3,(H,26,28). The van der Waals surface area contributed by atoms with Gasteiger partial charge >= 0.3 is 0 Å². The maximum atomic E-state index is 12.6. The number of rotatable bonds is 7. The van der Waals surface area contributed by atoms with Crippen molar-refractivity contribution in [2.45, 2.75) is 51.0 Å². The van der Waals surface area contributed by atoms with Crippen LogP contribution in [0.5, 0.6) is 11.5 Å². The number of nitrogens with zero attached hydrogens (tertiary/aromatic N) is 1. The van der Waals surface area contributed by atoms with Crippen molar-refractivity contribution >= 4 is 17.5 Å². The Bertz CT molecular complexity index is 952. The molecule has 2 aromatic rings. The van der Waals surface area contributed by atoms with Crippen molar-refractivity contribution in [2.24, 2.45) is 0 Å². The van der Waals surface area contributed by atoms with E-state index >= 15 is 0 Å². The van der Waals surface area contributed by atoms with Crippen molar-refractivity contribution in [1.82, 2.24) is 4.90 Å². The van der Waals surface area contributed by atoms with Crippen LogP contribution in [0.2, 0.25) is 0 Å². The fraction of sp³-hybridized carbons (Fsp3) is 0.440. The molecule has 1 aliphatic heterocycles. The zero-order valence-electron chi connectivity index (χ0n) is 18.2. The smallest absolute Gasteiger partial charge is 0.244 e. The summed E-state index contributed by atoms with van der Waals surface area (Å²) < 4.78 is 11.7. The first kappa shape index (κ1) is 21.2. The van der Waals surface area contributed by atoms with Crippen LogP contribution in [0.1, 0.15) is 49.1 Å². The number of nitrogens with one attached hydrogen (secondary N) is 1. The summed E-state index contributed by atoms with van der Waals surface area (Å²) in [6.07, 6.45) is 5.16. The van der Waals surface area contributed by atoms with Gasteiger partial charge in [0.1, 0.15) is 0 Å². The molecule has 1 aliphatic carbocycles. The largest absolute Gasteiger partial charge is 0.493 e. The molecule has 1 heterocycles. The molecule has 6 heteroatoms. The summed E-state index contributed by atoms with van der Waals surface area (Å²) in [4.78, 5) is 26.7. The van der Waals surface area contributed by atoms with Crippen molar-refractivity contribution in [1.29, 1.82) is 0 Å². The number of carbonyl (C=O) groups excluding carboxylic acids is 2. The summed E-state index contributed by atoms with van der Waals surface area (Å²) in [7, 11) is 1.64. The van der Waals surface area contributed by atoms with Gasteiger partial charge in [0.25, 0.3) is 0 Å². The number of hydrogen-bond acceptors (Lipinski definition) is 4. The molecule has 2 amide bonds. The van der Waals surface area contributed by atoms with Crippen molar-refractivity contribution in [3.05, 3.63) is 53.6 Å². The highest BCUT2D eigenvalue weighted by Gasteiger charge is 2.32. The number of benzene rings is 2. The first-order valence-corrected chi connectivity index (χ1v) is 11.0. The third-order valence-corrected chi connectivity index (χ3v) is 6.22. The number of ether oxygens (including phenoxy) is 2. The molecule has 1 saturated heterocycles. The molecule has 6 nitrogen and oxygen atoms in total. The molecule has 31 heavy (non-hydrogen) atoms. The SMILES string of the molecule is COc1ccc(C2CC(=O)N(CC(=O)Nc3ccccc3C)C2)cc1OC1CCCC1. The number of methoxy groups -OCH3 is 1. The number of aryl methyl sites for hydroxylation is 1. The number of carbonyl (C=O) groups is 2. The highest BCUT2D eigenvalue weighted by molar-refractivity contribution is 5.95. The van der Waals surface area contributed by atoms with E-state index in [-0.39, 0.29) is 30.4 Å². The van der Waals surface area contributed by atoms with Gasteiger partial charge in [-0.15, -0.1) is 0 Å². The van der Waals surface area contributed by atoms with Crippen LogP contribution in [-0.2, 0) is 9.59 Å². The molecule has 1 N–H and O–H groups in total. The maximum absolute atomic E-state index is 12.6. The minimum absolute atomic E-state index is 0.000914. The average molecular weight is 423 g/mol. The predicted octanol–water partition coefficient (Wildman–Crippen LogP) is 4.28. The van der Waals surface area contributed by atoms with E-state index < -0.39 is 0 Å². The number of anilines is 1. The number of amides is 2. The van der Waals surface area contributed by atoms with Crippen LogP contribution >= 0.6 is 0 Å².